The summed E-state index contributed by atoms with van der Waals surface area (Å²) < 4.78 is 11.9. The number of carbonyl (C=O) groups excluding carboxylic acids is 1. The van der Waals surface area contributed by atoms with Gasteiger partial charge in [-0.1, -0.05) is 38.2 Å². The minimum Gasteiger partial charge on any atom is -0.495 e. The van der Waals surface area contributed by atoms with Crippen LogP contribution in [0.2, 0.25) is 0 Å². The second-order valence-corrected chi connectivity index (χ2v) is 9.40. The molecule has 0 saturated carbocycles. The average molecular weight is 474 g/mol. The van der Waals surface area contributed by atoms with E-state index in [1.54, 1.807) is 30.9 Å². The number of methoxy groups -OCH3 is 2. The maximum Gasteiger partial charge on any atom is 0.260 e. The van der Waals surface area contributed by atoms with E-state index in [0.717, 1.165) is 40.7 Å². The van der Waals surface area contributed by atoms with Crippen LogP contribution in [-0.4, -0.2) is 61.9 Å². The summed E-state index contributed by atoms with van der Waals surface area (Å²) in [6.07, 6.45) is 0. The molecule has 0 atom stereocenters. The molecule has 0 saturated heterocycles. The highest BCUT2D eigenvalue weighted by atomic mass is 32.2. The van der Waals surface area contributed by atoms with Crippen LogP contribution >= 0.6 is 23.1 Å². The van der Waals surface area contributed by atoms with Gasteiger partial charge in [-0.15, -0.1) is 11.8 Å². The second kappa shape index (κ2) is 11.5. The molecule has 0 unspecified atom stereocenters. The smallest absolute Gasteiger partial charge is 0.260 e. The van der Waals surface area contributed by atoms with Crippen molar-refractivity contribution in [3.63, 3.8) is 0 Å². The first-order chi connectivity index (χ1) is 15.6. The largest absolute Gasteiger partial charge is 0.495 e. The van der Waals surface area contributed by atoms with E-state index in [1.807, 2.05) is 36.4 Å². The molecular weight excluding hydrogens is 442 g/mol. The fraction of sp³-hybridized carbons (Fsp3) is 0.417. The number of hydrogen-bond acceptors (Lipinski definition) is 7. The molecule has 0 aliphatic rings. The molecule has 3 aromatic rings. The van der Waals surface area contributed by atoms with Gasteiger partial charge in [0.15, 0.2) is 5.13 Å². The monoisotopic (exact) mass is 473 g/mol. The summed E-state index contributed by atoms with van der Waals surface area (Å²) in [7, 11) is 3.27. The molecule has 1 heterocycles. The summed E-state index contributed by atoms with van der Waals surface area (Å²) in [5.74, 6) is 2.30. The predicted molar refractivity (Wildman–Crippen MR) is 135 cm³/mol. The highest BCUT2D eigenvalue weighted by Crippen LogP contribution is 2.40. The normalized spacial score (nSPS) is 11.2. The Morgan fingerprint density at radius 3 is 2.41 bits per heavy atom. The SMILES string of the molecule is CCSc1cccc(C(=O)N(CCN(CC)CC)c2nc3c(OC)ccc(OC)c3s2)c1. The zero-order chi connectivity index (χ0) is 23.1. The van der Waals surface area contributed by atoms with Crippen molar-refractivity contribution in [2.45, 2.75) is 25.7 Å². The van der Waals surface area contributed by atoms with E-state index in [0.29, 0.717) is 28.5 Å². The standard InChI is InChI=1S/C24H31N3O3S2/c1-6-26(7-2)14-15-27(23(28)17-10-9-11-18(16-17)31-8-3)24-25-21-19(29-4)12-13-20(30-5)22(21)32-24/h9-13,16H,6-8,14-15H2,1-5H3. The number of rotatable bonds is 11. The molecule has 6 nitrogen and oxygen atoms in total. The van der Waals surface area contributed by atoms with E-state index in [-0.39, 0.29) is 5.91 Å². The fourth-order valence-electron chi connectivity index (χ4n) is 3.50. The number of thiazole rings is 1. The van der Waals surface area contributed by atoms with E-state index in [1.165, 1.54) is 11.3 Å². The van der Waals surface area contributed by atoms with Crippen LogP contribution in [0.4, 0.5) is 5.13 Å². The van der Waals surface area contributed by atoms with Crippen LogP contribution < -0.4 is 14.4 Å². The summed E-state index contributed by atoms with van der Waals surface area (Å²) in [4.78, 5) is 23.7. The van der Waals surface area contributed by atoms with E-state index in [9.17, 15) is 4.79 Å². The Hall–Kier alpha value is -2.29. The van der Waals surface area contributed by atoms with Gasteiger partial charge in [0.2, 0.25) is 0 Å². The molecule has 172 valence electrons. The highest BCUT2D eigenvalue weighted by Gasteiger charge is 2.24. The van der Waals surface area contributed by atoms with Crippen LogP contribution in [0.5, 0.6) is 11.5 Å². The minimum absolute atomic E-state index is 0.0484. The quantitative estimate of drug-likeness (QED) is 0.347. The van der Waals surface area contributed by atoms with Gasteiger partial charge in [0.05, 0.1) is 14.2 Å². The van der Waals surface area contributed by atoms with Crippen molar-refractivity contribution < 1.29 is 14.3 Å². The van der Waals surface area contributed by atoms with Gasteiger partial charge < -0.3 is 14.4 Å². The molecule has 0 N–H and O–H groups in total. The van der Waals surface area contributed by atoms with Crippen molar-refractivity contribution in [2.75, 3.05) is 51.1 Å². The van der Waals surface area contributed by atoms with Gasteiger partial charge in [-0.3, -0.25) is 9.69 Å². The lowest BCUT2D eigenvalue weighted by atomic mass is 10.2. The number of aromatic nitrogens is 1. The van der Waals surface area contributed by atoms with Gasteiger partial charge in [0, 0.05) is 23.5 Å². The Morgan fingerprint density at radius 1 is 1.03 bits per heavy atom. The summed E-state index contributed by atoms with van der Waals surface area (Å²) in [5.41, 5.74) is 1.38. The summed E-state index contributed by atoms with van der Waals surface area (Å²) in [5, 5.41) is 0.647. The first-order valence-electron chi connectivity index (χ1n) is 10.8. The third-order valence-corrected chi connectivity index (χ3v) is 7.27. The van der Waals surface area contributed by atoms with Crippen molar-refractivity contribution in [2.24, 2.45) is 0 Å². The Morgan fingerprint density at radius 2 is 1.75 bits per heavy atom. The molecule has 32 heavy (non-hydrogen) atoms. The number of amides is 1. The number of thioether (sulfide) groups is 1. The Kier molecular flexibility index (Phi) is 8.78. The fourth-order valence-corrected chi connectivity index (χ4v) is 5.31. The van der Waals surface area contributed by atoms with Crippen molar-refractivity contribution in [3.8, 4) is 11.5 Å². The van der Waals surface area contributed by atoms with E-state index in [4.69, 9.17) is 14.5 Å². The number of ether oxygens (including phenoxy) is 2. The zero-order valence-electron chi connectivity index (χ0n) is 19.4. The Balaban J connectivity index is 2.04. The number of benzene rings is 2. The minimum atomic E-state index is -0.0484. The molecule has 0 aliphatic carbocycles. The van der Waals surface area contributed by atoms with Crippen LogP contribution in [0.15, 0.2) is 41.3 Å². The van der Waals surface area contributed by atoms with Gasteiger partial charge in [0.1, 0.15) is 21.7 Å². The van der Waals surface area contributed by atoms with Crippen molar-refractivity contribution in [1.82, 2.24) is 9.88 Å². The third kappa shape index (κ3) is 5.36. The molecule has 0 bridgehead atoms. The molecule has 3 rings (SSSR count). The molecule has 0 spiro atoms. The molecule has 1 aromatic heterocycles. The van der Waals surface area contributed by atoms with Gasteiger partial charge in [-0.25, -0.2) is 4.98 Å². The molecule has 1 amide bonds. The maximum absolute atomic E-state index is 13.7. The van der Waals surface area contributed by atoms with Gasteiger partial charge >= 0.3 is 0 Å². The topological polar surface area (TPSA) is 54.9 Å². The third-order valence-electron chi connectivity index (χ3n) is 5.30. The van der Waals surface area contributed by atoms with Crippen LogP contribution in [0.1, 0.15) is 31.1 Å². The number of likely N-dealkylation sites (N-methyl/N-ethyl adjacent to an activating group) is 1. The van der Waals surface area contributed by atoms with Crippen LogP contribution in [0.25, 0.3) is 10.2 Å². The number of nitrogens with zero attached hydrogens (tertiary/aromatic N) is 3. The highest BCUT2D eigenvalue weighted by molar-refractivity contribution is 7.99. The molecule has 2 aromatic carbocycles. The summed E-state index contributed by atoms with van der Waals surface area (Å²) >= 11 is 3.18. The first kappa shape index (κ1) is 24.4. The molecule has 8 heteroatoms. The first-order valence-corrected chi connectivity index (χ1v) is 12.6. The zero-order valence-corrected chi connectivity index (χ0v) is 21.0. The van der Waals surface area contributed by atoms with Crippen molar-refractivity contribution in [3.05, 3.63) is 42.0 Å². The average Bonchev–Trinajstić information content (AvgIpc) is 3.26. The Labute approximate surface area is 198 Å². The predicted octanol–water partition coefficient (Wildman–Crippen LogP) is 5.41. The lowest BCUT2D eigenvalue weighted by molar-refractivity contribution is 0.0983. The molecular formula is C24H31N3O3S2. The lowest BCUT2D eigenvalue weighted by Gasteiger charge is -2.25. The molecule has 0 fully saturated rings. The van der Waals surface area contributed by atoms with Crippen LogP contribution in [-0.2, 0) is 0 Å². The summed E-state index contributed by atoms with van der Waals surface area (Å²) in [6.45, 7) is 9.56. The summed E-state index contributed by atoms with van der Waals surface area (Å²) in [6, 6.07) is 11.5. The number of hydrogen-bond donors (Lipinski definition) is 0. The molecule has 0 aliphatic heterocycles. The number of anilines is 1. The van der Waals surface area contributed by atoms with Gasteiger partial charge in [0.25, 0.3) is 5.91 Å². The van der Waals surface area contributed by atoms with E-state index < -0.39 is 0 Å². The van der Waals surface area contributed by atoms with E-state index >= 15 is 0 Å². The van der Waals surface area contributed by atoms with Crippen molar-refractivity contribution >= 4 is 44.4 Å². The Bertz CT molecular complexity index is 1010. The molecule has 0 radical (unpaired) electrons. The van der Waals surface area contributed by atoms with E-state index in [2.05, 4.69) is 25.7 Å². The van der Waals surface area contributed by atoms with Crippen molar-refractivity contribution in [1.29, 1.82) is 0 Å². The van der Waals surface area contributed by atoms with Gasteiger partial charge in [-0.05, 0) is 49.2 Å². The number of fused-ring (bicyclic) bond motifs is 1. The van der Waals surface area contributed by atoms with Crippen LogP contribution in [0.3, 0.4) is 0 Å². The van der Waals surface area contributed by atoms with Crippen LogP contribution in [0, 0.1) is 0 Å². The maximum atomic E-state index is 13.7. The lowest BCUT2D eigenvalue weighted by Crippen LogP contribution is -2.38. The second-order valence-electron chi connectivity index (χ2n) is 7.09. The number of carbonyl (C=O) groups is 1. The van der Waals surface area contributed by atoms with Gasteiger partial charge in [-0.2, -0.15) is 0 Å².